The maximum Gasteiger partial charge on any atom is 0.294 e. The second kappa shape index (κ2) is 10.1. The van der Waals surface area contributed by atoms with Crippen molar-refractivity contribution >= 4 is 34.9 Å². The predicted molar refractivity (Wildman–Crippen MR) is 127 cm³/mol. The van der Waals surface area contributed by atoms with Gasteiger partial charge in [0.25, 0.3) is 11.1 Å². The number of thioether (sulfide) groups is 1. The van der Waals surface area contributed by atoms with Crippen molar-refractivity contribution in [3.63, 3.8) is 0 Å². The summed E-state index contributed by atoms with van der Waals surface area (Å²) in [5, 5.41) is -0.427. The van der Waals surface area contributed by atoms with E-state index in [1.54, 1.807) is 36.3 Å². The van der Waals surface area contributed by atoms with Crippen LogP contribution >= 0.6 is 11.8 Å². The molecule has 2 aliphatic rings. The molecule has 7 nitrogen and oxygen atoms in total. The van der Waals surface area contributed by atoms with Gasteiger partial charge in [-0.15, -0.1) is 0 Å². The quantitative estimate of drug-likeness (QED) is 0.568. The summed E-state index contributed by atoms with van der Waals surface area (Å²) in [7, 11) is 1.55. The van der Waals surface area contributed by atoms with Crippen molar-refractivity contribution in [2.45, 2.75) is 26.4 Å². The molecule has 0 atom stereocenters. The number of rotatable bonds is 7. The van der Waals surface area contributed by atoms with Gasteiger partial charge < -0.3 is 14.4 Å². The maximum atomic E-state index is 12.8. The second-order valence-corrected chi connectivity index (χ2v) is 9.03. The molecule has 0 radical (unpaired) electrons. The molecule has 2 fully saturated rings. The molecule has 0 unspecified atom stereocenters. The highest BCUT2D eigenvalue weighted by molar-refractivity contribution is 8.18. The first-order valence-electron chi connectivity index (χ1n) is 10.8. The van der Waals surface area contributed by atoms with Crippen molar-refractivity contribution in [2.75, 3.05) is 26.7 Å². The third-order valence-electron chi connectivity index (χ3n) is 5.63. The number of aryl methyl sites for hydroxylation is 1. The highest BCUT2D eigenvalue weighted by Gasteiger charge is 2.37. The molecule has 3 amide bonds. The normalized spacial score (nSPS) is 17.2. The molecule has 4 rings (SSSR count). The topological polar surface area (TPSA) is 76.2 Å². The molecule has 2 aromatic rings. The van der Waals surface area contributed by atoms with E-state index in [4.69, 9.17) is 9.47 Å². The molecule has 0 saturated carbocycles. The fraction of sp³-hybridized carbons (Fsp3) is 0.320. The Morgan fingerprint density at radius 2 is 1.79 bits per heavy atom. The van der Waals surface area contributed by atoms with E-state index in [1.807, 2.05) is 31.2 Å². The number of hydrogen-bond donors (Lipinski definition) is 0. The standard InChI is InChI=1S/C25H26N2O5S/c1-17-5-7-18(8-6-17)16-32-20-10-9-19(13-21(20)31-2)14-22-24(29)27(25(30)33-22)15-23(28)26-11-3-4-12-26/h5-10,13-14H,3-4,11-12,15-16H2,1-2H3/b22-14-. The van der Waals surface area contributed by atoms with Crippen molar-refractivity contribution in [2.24, 2.45) is 0 Å². The Bertz CT molecular complexity index is 1090. The highest BCUT2D eigenvalue weighted by Crippen LogP contribution is 2.35. The maximum absolute atomic E-state index is 12.8. The van der Waals surface area contributed by atoms with Crippen molar-refractivity contribution in [1.29, 1.82) is 0 Å². The lowest BCUT2D eigenvalue weighted by molar-refractivity contribution is -0.135. The van der Waals surface area contributed by atoms with Gasteiger partial charge in [-0.2, -0.15) is 0 Å². The molecule has 2 aliphatic heterocycles. The minimum atomic E-state index is -0.448. The summed E-state index contributed by atoms with van der Waals surface area (Å²) in [6, 6.07) is 13.4. The minimum Gasteiger partial charge on any atom is -0.493 e. The summed E-state index contributed by atoms with van der Waals surface area (Å²) < 4.78 is 11.4. The number of carbonyl (C=O) groups is 3. The van der Waals surface area contributed by atoms with Crippen molar-refractivity contribution in [1.82, 2.24) is 9.80 Å². The Balaban J connectivity index is 1.44. The fourth-order valence-corrected chi connectivity index (χ4v) is 4.57. The largest absolute Gasteiger partial charge is 0.493 e. The molecule has 0 bridgehead atoms. The summed E-state index contributed by atoms with van der Waals surface area (Å²) in [5.41, 5.74) is 2.93. The van der Waals surface area contributed by atoms with Gasteiger partial charge in [-0.1, -0.05) is 35.9 Å². The molecular weight excluding hydrogens is 440 g/mol. The molecular formula is C25H26N2O5S. The lowest BCUT2D eigenvalue weighted by Crippen LogP contribution is -2.40. The Morgan fingerprint density at radius 3 is 2.48 bits per heavy atom. The molecule has 2 saturated heterocycles. The Morgan fingerprint density at radius 1 is 1.06 bits per heavy atom. The zero-order valence-electron chi connectivity index (χ0n) is 18.7. The van der Waals surface area contributed by atoms with Gasteiger partial charge in [0, 0.05) is 13.1 Å². The van der Waals surface area contributed by atoms with Gasteiger partial charge in [0.1, 0.15) is 13.2 Å². The Kier molecular flexibility index (Phi) is 7.03. The van der Waals surface area contributed by atoms with Crippen LogP contribution in [0.15, 0.2) is 47.4 Å². The summed E-state index contributed by atoms with van der Waals surface area (Å²) in [6.07, 6.45) is 3.55. The molecule has 0 N–H and O–H groups in total. The molecule has 0 aliphatic carbocycles. The molecule has 2 aromatic carbocycles. The number of amides is 3. The lowest BCUT2D eigenvalue weighted by Gasteiger charge is -2.18. The molecule has 8 heteroatoms. The number of carbonyl (C=O) groups excluding carboxylic acids is 3. The fourth-order valence-electron chi connectivity index (χ4n) is 3.73. The molecule has 0 aromatic heterocycles. The first-order valence-corrected chi connectivity index (χ1v) is 11.7. The average molecular weight is 467 g/mol. The van der Waals surface area contributed by atoms with E-state index in [2.05, 4.69) is 0 Å². The second-order valence-electron chi connectivity index (χ2n) is 8.04. The average Bonchev–Trinajstić information content (AvgIpc) is 3.44. The highest BCUT2D eigenvalue weighted by atomic mass is 32.2. The van der Waals surface area contributed by atoms with Crippen LogP contribution in [0.3, 0.4) is 0 Å². The van der Waals surface area contributed by atoms with Gasteiger partial charge in [0.2, 0.25) is 5.91 Å². The summed E-state index contributed by atoms with van der Waals surface area (Å²) >= 11 is 0.843. The third kappa shape index (κ3) is 5.39. The molecule has 172 valence electrons. The van der Waals surface area contributed by atoms with E-state index >= 15 is 0 Å². The number of ether oxygens (including phenoxy) is 2. The number of imide groups is 1. The zero-order valence-corrected chi connectivity index (χ0v) is 19.5. The van der Waals surface area contributed by atoms with Crippen molar-refractivity contribution in [3.8, 4) is 11.5 Å². The van der Waals surface area contributed by atoms with Crippen LogP contribution in [0.25, 0.3) is 6.08 Å². The Hall–Kier alpha value is -3.26. The number of methoxy groups -OCH3 is 1. The van der Waals surface area contributed by atoms with Crippen molar-refractivity contribution in [3.05, 3.63) is 64.1 Å². The van der Waals surface area contributed by atoms with E-state index < -0.39 is 11.1 Å². The monoisotopic (exact) mass is 466 g/mol. The van der Waals surface area contributed by atoms with Crippen molar-refractivity contribution < 1.29 is 23.9 Å². The van der Waals surface area contributed by atoms with E-state index in [9.17, 15) is 14.4 Å². The number of likely N-dealkylation sites (tertiary alicyclic amines) is 1. The van der Waals surface area contributed by atoms with E-state index in [0.29, 0.717) is 36.8 Å². The van der Waals surface area contributed by atoms with Crippen LogP contribution in [0.4, 0.5) is 4.79 Å². The van der Waals surface area contributed by atoms with Gasteiger partial charge in [-0.3, -0.25) is 19.3 Å². The Labute approximate surface area is 197 Å². The number of benzene rings is 2. The van der Waals surface area contributed by atoms with Gasteiger partial charge in [-0.25, -0.2) is 0 Å². The summed E-state index contributed by atoms with van der Waals surface area (Å²) in [6.45, 7) is 3.59. The summed E-state index contributed by atoms with van der Waals surface area (Å²) in [4.78, 5) is 40.5. The van der Waals surface area contributed by atoms with Gasteiger partial charge in [0.15, 0.2) is 11.5 Å². The van der Waals surface area contributed by atoms with Crippen LogP contribution in [0.2, 0.25) is 0 Å². The molecule has 2 heterocycles. The first kappa shape index (κ1) is 22.9. The minimum absolute atomic E-state index is 0.187. The number of nitrogens with zero attached hydrogens (tertiary/aromatic N) is 2. The van der Waals surface area contributed by atoms with Crippen LogP contribution < -0.4 is 9.47 Å². The van der Waals surface area contributed by atoms with Gasteiger partial charge in [-0.05, 0) is 60.9 Å². The van der Waals surface area contributed by atoms with Crippen LogP contribution in [0.5, 0.6) is 11.5 Å². The first-order chi connectivity index (χ1) is 15.9. The zero-order chi connectivity index (χ0) is 23.4. The van der Waals surface area contributed by atoms with E-state index in [0.717, 1.165) is 35.1 Å². The van der Waals surface area contributed by atoms with Crippen LogP contribution in [-0.2, 0) is 16.2 Å². The predicted octanol–water partition coefficient (Wildman–Crippen LogP) is 4.24. The molecule has 0 spiro atoms. The van der Waals surface area contributed by atoms with Gasteiger partial charge >= 0.3 is 0 Å². The van der Waals surface area contributed by atoms with E-state index in [1.165, 1.54) is 5.56 Å². The third-order valence-corrected chi connectivity index (χ3v) is 6.53. The van der Waals surface area contributed by atoms with Crippen LogP contribution in [0, 0.1) is 6.92 Å². The van der Waals surface area contributed by atoms with Crippen LogP contribution in [-0.4, -0.2) is 53.6 Å². The summed E-state index contributed by atoms with van der Waals surface area (Å²) in [5.74, 6) is 0.475. The smallest absolute Gasteiger partial charge is 0.294 e. The number of hydrogen-bond acceptors (Lipinski definition) is 6. The van der Waals surface area contributed by atoms with Gasteiger partial charge in [0.05, 0.1) is 12.0 Å². The lowest BCUT2D eigenvalue weighted by atomic mass is 10.1. The SMILES string of the molecule is COc1cc(/C=C2\SC(=O)N(CC(=O)N3CCCC3)C2=O)ccc1OCc1ccc(C)cc1. The molecule has 33 heavy (non-hydrogen) atoms. The van der Waals surface area contributed by atoms with E-state index in [-0.39, 0.29) is 17.4 Å². The van der Waals surface area contributed by atoms with Crippen LogP contribution in [0.1, 0.15) is 29.5 Å².